The fraction of sp³-hybridized carbons (Fsp3) is 0.455. The lowest BCUT2D eigenvalue weighted by atomic mass is 10.2. The number of carbonyl (C=O) groups excluding carboxylic acids is 1. The molecule has 0 N–H and O–H groups in total. The van der Waals surface area contributed by atoms with E-state index < -0.39 is 17.5 Å². The second-order valence-electron chi connectivity index (χ2n) is 4.30. The van der Waals surface area contributed by atoms with Gasteiger partial charge in [0.15, 0.2) is 12.4 Å². The zero-order valence-corrected chi connectivity index (χ0v) is 11.9. The Labute approximate surface area is 113 Å². The van der Waals surface area contributed by atoms with Crippen LogP contribution in [0, 0.1) is 9.65 Å². The van der Waals surface area contributed by atoms with E-state index in [1.807, 2.05) is 22.6 Å². The average Bonchev–Trinajstić information content (AvgIpc) is 2.13. The number of hydrogen-bond acceptors (Lipinski definition) is 4. The molecule has 6 heteroatoms. The van der Waals surface area contributed by atoms with Crippen molar-refractivity contribution in [2.45, 2.75) is 26.4 Å². The molecule has 1 aromatic rings. The molecule has 0 aromatic carbocycles. The van der Waals surface area contributed by atoms with Gasteiger partial charge in [-0.05, 0) is 55.5 Å². The molecule has 0 spiro atoms. The van der Waals surface area contributed by atoms with Gasteiger partial charge in [-0.2, -0.15) is 4.39 Å². The molecule has 94 valence electrons. The predicted molar refractivity (Wildman–Crippen MR) is 68.3 cm³/mol. The van der Waals surface area contributed by atoms with Gasteiger partial charge in [-0.15, -0.1) is 0 Å². The van der Waals surface area contributed by atoms with Crippen LogP contribution in [-0.4, -0.2) is 23.2 Å². The van der Waals surface area contributed by atoms with Crippen LogP contribution in [0.25, 0.3) is 0 Å². The van der Waals surface area contributed by atoms with Gasteiger partial charge in [0, 0.05) is 0 Å². The molecule has 4 nitrogen and oxygen atoms in total. The second-order valence-corrected chi connectivity index (χ2v) is 5.32. The molecule has 0 saturated heterocycles. The fourth-order valence-corrected chi connectivity index (χ4v) is 1.58. The third-order valence-corrected chi connectivity index (χ3v) is 2.32. The average molecular weight is 353 g/mol. The molecule has 0 radical (unpaired) electrons. The Morgan fingerprint density at radius 2 is 2.12 bits per heavy atom. The van der Waals surface area contributed by atoms with Crippen molar-refractivity contribution < 1.29 is 18.7 Å². The molecule has 0 bridgehead atoms. The Morgan fingerprint density at radius 3 is 2.65 bits per heavy atom. The summed E-state index contributed by atoms with van der Waals surface area (Å²) >= 11 is 1.83. The lowest BCUT2D eigenvalue weighted by molar-refractivity contribution is -0.157. The van der Waals surface area contributed by atoms with Crippen molar-refractivity contribution in [3.05, 3.63) is 21.8 Å². The smallest absolute Gasteiger partial charge is 0.344 e. The third-order valence-electron chi connectivity index (χ3n) is 1.55. The van der Waals surface area contributed by atoms with Gasteiger partial charge in [0.05, 0.1) is 0 Å². The number of aromatic nitrogens is 1. The zero-order chi connectivity index (χ0) is 13.1. The number of carbonyl (C=O) groups is 1. The van der Waals surface area contributed by atoms with Gasteiger partial charge in [0.25, 0.3) is 0 Å². The molecule has 17 heavy (non-hydrogen) atoms. The van der Waals surface area contributed by atoms with Crippen molar-refractivity contribution in [3.8, 4) is 5.75 Å². The molecule has 0 atom stereocenters. The number of pyridine rings is 1. The monoisotopic (exact) mass is 353 g/mol. The minimum absolute atomic E-state index is 0.222. The zero-order valence-electron chi connectivity index (χ0n) is 9.79. The Hall–Kier alpha value is -0.920. The maximum Gasteiger partial charge on any atom is 0.344 e. The normalized spacial score (nSPS) is 11.1. The third kappa shape index (κ3) is 5.29. The van der Waals surface area contributed by atoms with Gasteiger partial charge in [-0.3, -0.25) is 0 Å². The number of esters is 1. The van der Waals surface area contributed by atoms with Crippen molar-refractivity contribution >= 4 is 28.6 Å². The molecule has 0 aliphatic carbocycles. The summed E-state index contributed by atoms with van der Waals surface area (Å²) in [5.74, 6) is -0.700. The van der Waals surface area contributed by atoms with Crippen LogP contribution < -0.4 is 4.74 Å². The Morgan fingerprint density at radius 1 is 1.47 bits per heavy atom. The van der Waals surface area contributed by atoms with Crippen LogP contribution in [0.4, 0.5) is 4.39 Å². The maximum absolute atomic E-state index is 12.7. The van der Waals surface area contributed by atoms with Crippen molar-refractivity contribution in [1.29, 1.82) is 0 Å². The van der Waals surface area contributed by atoms with Crippen molar-refractivity contribution in [2.24, 2.45) is 0 Å². The molecule has 1 rings (SSSR count). The number of hydrogen-bond donors (Lipinski definition) is 0. The van der Waals surface area contributed by atoms with Crippen LogP contribution in [0.5, 0.6) is 5.75 Å². The van der Waals surface area contributed by atoms with Crippen LogP contribution in [0.3, 0.4) is 0 Å². The quantitative estimate of drug-likeness (QED) is 0.476. The first-order chi connectivity index (χ1) is 7.78. The summed E-state index contributed by atoms with van der Waals surface area (Å²) in [6.45, 7) is 5.09. The van der Waals surface area contributed by atoms with Gasteiger partial charge < -0.3 is 9.47 Å². The molecule has 1 heterocycles. The number of halogens is 2. The number of nitrogens with zero attached hydrogens (tertiary/aromatic N) is 1. The maximum atomic E-state index is 12.7. The minimum Gasteiger partial charge on any atom is -0.479 e. The van der Waals surface area contributed by atoms with Gasteiger partial charge in [0.1, 0.15) is 9.30 Å². The van der Waals surface area contributed by atoms with E-state index in [0.717, 1.165) is 0 Å². The first kappa shape index (κ1) is 14.1. The van der Waals surface area contributed by atoms with E-state index in [1.165, 1.54) is 12.1 Å². The summed E-state index contributed by atoms with van der Waals surface area (Å²) < 4.78 is 23.3. The van der Waals surface area contributed by atoms with Crippen molar-refractivity contribution in [2.75, 3.05) is 6.61 Å². The van der Waals surface area contributed by atoms with E-state index in [-0.39, 0.29) is 6.61 Å². The predicted octanol–water partition coefficient (Wildman–Crippen LogP) is 2.55. The molecule has 0 saturated carbocycles. The summed E-state index contributed by atoms with van der Waals surface area (Å²) in [4.78, 5) is 14.9. The molecule has 0 aliphatic rings. The van der Waals surface area contributed by atoms with E-state index in [9.17, 15) is 9.18 Å². The minimum atomic E-state index is -0.584. The highest BCUT2D eigenvalue weighted by Crippen LogP contribution is 2.18. The SMILES string of the molecule is CC(C)(C)OC(=O)COc1ccc(F)nc1I. The highest BCUT2D eigenvalue weighted by molar-refractivity contribution is 14.1. The van der Waals surface area contributed by atoms with Crippen LogP contribution in [0.2, 0.25) is 0 Å². The van der Waals surface area contributed by atoms with Crippen LogP contribution in [-0.2, 0) is 9.53 Å². The number of ether oxygens (including phenoxy) is 2. The summed E-state index contributed by atoms with van der Waals surface area (Å²) in [7, 11) is 0. The molecule has 0 fully saturated rings. The van der Waals surface area contributed by atoms with Crippen molar-refractivity contribution in [1.82, 2.24) is 4.98 Å². The summed E-state index contributed by atoms with van der Waals surface area (Å²) in [6.07, 6.45) is 0. The number of rotatable bonds is 3. The topological polar surface area (TPSA) is 48.4 Å². The standard InChI is InChI=1S/C11H13FINO3/c1-11(2,3)17-9(15)6-16-7-4-5-8(12)14-10(7)13/h4-5H,6H2,1-3H3. The van der Waals surface area contributed by atoms with Gasteiger partial charge >= 0.3 is 5.97 Å². The Balaban J connectivity index is 2.53. The second kappa shape index (κ2) is 5.61. The summed E-state index contributed by atoms with van der Waals surface area (Å²) in [5, 5.41) is 0. The molecular weight excluding hydrogens is 340 g/mol. The van der Waals surface area contributed by atoms with Crippen LogP contribution in [0.1, 0.15) is 20.8 Å². The molecular formula is C11H13FINO3. The van der Waals surface area contributed by atoms with Crippen molar-refractivity contribution in [3.63, 3.8) is 0 Å². The van der Waals surface area contributed by atoms with Gasteiger partial charge in [-0.25, -0.2) is 9.78 Å². The Kier molecular flexibility index (Phi) is 4.67. The van der Waals surface area contributed by atoms with Crippen LogP contribution in [0.15, 0.2) is 12.1 Å². The largest absolute Gasteiger partial charge is 0.479 e. The fourth-order valence-electron chi connectivity index (χ4n) is 1.01. The Bertz CT molecular complexity index is 418. The van der Waals surface area contributed by atoms with E-state index in [1.54, 1.807) is 20.8 Å². The van der Waals surface area contributed by atoms with Gasteiger partial charge in [0.2, 0.25) is 5.95 Å². The first-order valence-electron chi connectivity index (χ1n) is 4.94. The molecule has 0 amide bonds. The van der Waals surface area contributed by atoms with E-state index in [0.29, 0.717) is 9.45 Å². The summed E-state index contributed by atoms with van der Waals surface area (Å²) in [5.41, 5.74) is -0.547. The summed E-state index contributed by atoms with van der Waals surface area (Å²) in [6, 6.07) is 2.60. The lowest BCUT2D eigenvalue weighted by Crippen LogP contribution is -2.27. The van der Waals surface area contributed by atoms with Gasteiger partial charge in [-0.1, -0.05) is 0 Å². The first-order valence-corrected chi connectivity index (χ1v) is 6.02. The molecule has 1 aromatic heterocycles. The highest BCUT2D eigenvalue weighted by Gasteiger charge is 2.17. The van der Waals surface area contributed by atoms with E-state index >= 15 is 0 Å². The van der Waals surface area contributed by atoms with E-state index in [2.05, 4.69) is 4.98 Å². The molecule has 0 unspecified atom stereocenters. The lowest BCUT2D eigenvalue weighted by Gasteiger charge is -2.19. The highest BCUT2D eigenvalue weighted by atomic mass is 127. The van der Waals surface area contributed by atoms with Crippen LogP contribution >= 0.6 is 22.6 Å². The van der Waals surface area contributed by atoms with E-state index in [4.69, 9.17) is 9.47 Å². The molecule has 0 aliphatic heterocycles.